The lowest BCUT2D eigenvalue weighted by Gasteiger charge is -2.19. The van der Waals surface area contributed by atoms with Crippen LogP contribution in [0.3, 0.4) is 0 Å². The van der Waals surface area contributed by atoms with E-state index in [1.807, 2.05) is 12.1 Å². The number of methoxy groups -OCH3 is 1. The maximum Gasteiger partial charge on any atom is 0.229 e. The van der Waals surface area contributed by atoms with Gasteiger partial charge < -0.3 is 19.7 Å². The number of rotatable bonds is 8. The van der Waals surface area contributed by atoms with Crippen LogP contribution in [0.2, 0.25) is 0 Å². The van der Waals surface area contributed by atoms with Crippen LogP contribution < -0.4 is 19.7 Å². The van der Waals surface area contributed by atoms with Crippen LogP contribution in [0.5, 0.6) is 11.5 Å². The standard InChI is InChI=1S/C21H24N2O6S/c1-28-19-9-4-3-8-18(19)23-14-15(12-20(23)24)21(25)22-16-6-5-7-17(13-16)29-10-11-30(2,26)27/h3-9,13,15H,10-12,14H2,1-2H3,(H,22,25). The van der Waals surface area contributed by atoms with Gasteiger partial charge in [-0.05, 0) is 24.3 Å². The molecule has 2 amide bonds. The summed E-state index contributed by atoms with van der Waals surface area (Å²) in [6.45, 7) is 0.289. The Morgan fingerprint density at radius 3 is 2.70 bits per heavy atom. The Hall–Kier alpha value is -3.07. The predicted molar refractivity (Wildman–Crippen MR) is 114 cm³/mol. The number of nitrogens with zero attached hydrogens (tertiary/aromatic N) is 1. The smallest absolute Gasteiger partial charge is 0.229 e. The number of anilines is 2. The van der Waals surface area contributed by atoms with Gasteiger partial charge in [-0.25, -0.2) is 8.42 Å². The SMILES string of the molecule is COc1ccccc1N1CC(C(=O)Nc2cccc(OCCS(C)(=O)=O)c2)CC1=O. The first-order valence-corrected chi connectivity index (χ1v) is 11.5. The summed E-state index contributed by atoms with van der Waals surface area (Å²) in [5, 5.41) is 2.80. The number of benzene rings is 2. The number of carbonyl (C=O) groups excluding carboxylic acids is 2. The number of amides is 2. The van der Waals surface area contributed by atoms with E-state index >= 15 is 0 Å². The molecule has 2 aromatic carbocycles. The lowest BCUT2D eigenvalue weighted by Crippen LogP contribution is -2.28. The number of hydrogen-bond acceptors (Lipinski definition) is 6. The molecule has 2 aromatic rings. The molecule has 0 spiro atoms. The molecule has 0 radical (unpaired) electrons. The molecule has 1 unspecified atom stereocenters. The van der Waals surface area contributed by atoms with Gasteiger partial charge in [0.1, 0.15) is 18.1 Å². The summed E-state index contributed by atoms with van der Waals surface area (Å²) in [5.74, 6) is 0.0243. The van der Waals surface area contributed by atoms with E-state index in [0.717, 1.165) is 6.26 Å². The molecule has 0 aliphatic carbocycles. The van der Waals surface area contributed by atoms with Gasteiger partial charge in [0, 0.05) is 31.0 Å². The molecule has 3 rings (SSSR count). The van der Waals surface area contributed by atoms with E-state index in [9.17, 15) is 18.0 Å². The van der Waals surface area contributed by atoms with E-state index in [2.05, 4.69) is 5.32 Å². The third kappa shape index (κ3) is 5.50. The zero-order valence-corrected chi connectivity index (χ0v) is 17.6. The molecule has 8 nitrogen and oxygen atoms in total. The minimum Gasteiger partial charge on any atom is -0.495 e. The molecule has 1 N–H and O–H groups in total. The Balaban J connectivity index is 1.63. The molecular weight excluding hydrogens is 408 g/mol. The van der Waals surface area contributed by atoms with Crippen molar-refractivity contribution in [3.8, 4) is 11.5 Å². The summed E-state index contributed by atoms with van der Waals surface area (Å²) in [7, 11) is -1.58. The van der Waals surface area contributed by atoms with Crippen molar-refractivity contribution >= 4 is 33.0 Å². The van der Waals surface area contributed by atoms with Crippen LogP contribution in [0.1, 0.15) is 6.42 Å². The quantitative estimate of drug-likeness (QED) is 0.686. The summed E-state index contributed by atoms with van der Waals surface area (Å²) >= 11 is 0. The summed E-state index contributed by atoms with van der Waals surface area (Å²) in [6, 6.07) is 13.9. The van der Waals surface area contributed by atoms with Gasteiger partial charge in [-0.2, -0.15) is 0 Å². The molecule has 1 atom stereocenters. The lowest BCUT2D eigenvalue weighted by molar-refractivity contribution is -0.122. The van der Waals surface area contributed by atoms with Crippen molar-refractivity contribution in [3.05, 3.63) is 48.5 Å². The van der Waals surface area contributed by atoms with Gasteiger partial charge in [0.25, 0.3) is 0 Å². The third-order valence-corrected chi connectivity index (χ3v) is 5.60. The van der Waals surface area contributed by atoms with Crippen LogP contribution in [0.25, 0.3) is 0 Å². The normalized spacial score (nSPS) is 16.4. The zero-order valence-electron chi connectivity index (χ0n) is 16.8. The number of carbonyl (C=O) groups is 2. The largest absolute Gasteiger partial charge is 0.495 e. The van der Waals surface area contributed by atoms with Crippen LogP contribution in [-0.2, 0) is 19.4 Å². The Morgan fingerprint density at radius 2 is 1.97 bits per heavy atom. The van der Waals surface area contributed by atoms with E-state index in [0.29, 0.717) is 22.9 Å². The number of para-hydroxylation sites is 2. The molecule has 9 heteroatoms. The molecule has 1 aliphatic rings. The van der Waals surface area contributed by atoms with Gasteiger partial charge in [-0.1, -0.05) is 18.2 Å². The monoisotopic (exact) mass is 432 g/mol. The first-order valence-electron chi connectivity index (χ1n) is 9.41. The van der Waals surface area contributed by atoms with Crippen LogP contribution in [0, 0.1) is 5.92 Å². The highest BCUT2D eigenvalue weighted by atomic mass is 32.2. The summed E-state index contributed by atoms with van der Waals surface area (Å²) < 4.78 is 33.2. The van der Waals surface area contributed by atoms with Gasteiger partial charge >= 0.3 is 0 Å². The van der Waals surface area contributed by atoms with E-state index in [-0.39, 0.29) is 37.1 Å². The van der Waals surface area contributed by atoms with E-state index in [1.54, 1.807) is 41.3 Å². The highest BCUT2D eigenvalue weighted by molar-refractivity contribution is 7.90. The number of sulfone groups is 1. The minimum atomic E-state index is -3.11. The van der Waals surface area contributed by atoms with Gasteiger partial charge in [-0.3, -0.25) is 9.59 Å². The van der Waals surface area contributed by atoms with E-state index < -0.39 is 15.8 Å². The van der Waals surface area contributed by atoms with Crippen molar-refractivity contribution < 1.29 is 27.5 Å². The zero-order chi connectivity index (χ0) is 21.7. The predicted octanol–water partition coefficient (Wildman–Crippen LogP) is 2.11. The fourth-order valence-corrected chi connectivity index (χ4v) is 3.57. The molecular formula is C21H24N2O6S. The molecule has 160 valence electrons. The molecule has 0 bridgehead atoms. The van der Waals surface area contributed by atoms with Crippen LogP contribution in [0.15, 0.2) is 48.5 Å². The van der Waals surface area contributed by atoms with E-state index in [1.165, 1.54) is 7.11 Å². The number of hydrogen-bond donors (Lipinski definition) is 1. The fourth-order valence-electron chi connectivity index (χ4n) is 3.19. The molecule has 0 aromatic heterocycles. The fraction of sp³-hybridized carbons (Fsp3) is 0.333. The topological polar surface area (TPSA) is 102 Å². The number of ether oxygens (including phenoxy) is 2. The average molecular weight is 432 g/mol. The van der Waals surface area contributed by atoms with Crippen molar-refractivity contribution in [2.75, 3.05) is 42.5 Å². The van der Waals surface area contributed by atoms with Crippen molar-refractivity contribution in [3.63, 3.8) is 0 Å². The highest BCUT2D eigenvalue weighted by Gasteiger charge is 2.36. The van der Waals surface area contributed by atoms with Gasteiger partial charge in [-0.15, -0.1) is 0 Å². The van der Waals surface area contributed by atoms with Crippen LogP contribution >= 0.6 is 0 Å². The second-order valence-corrected chi connectivity index (χ2v) is 9.33. The second-order valence-electron chi connectivity index (χ2n) is 7.07. The van der Waals surface area contributed by atoms with Crippen molar-refractivity contribution in [1.29, 1.82) is 0 Å². The Bertz CT molecular complexity index is 1040. The van der Waals surface area contributed by atoms with Crippen molar-refractivity contribution in [2.45, 2.75) is 6.42 Å². The Kier molecular flexibility index (Phi) is 6.61. The molecule has 1 fully saturated rings. The maximum atomic E-state index is 12.7. The number of nitrogens with one attached hydrogen (secondary N) is 1. The first-order chi connectivity index (χ1) is 14.3. The molecule has 30 heavy (non-hydrogen) atoms. The summed E-state index contributed by atoms with van der Waals surface area (Å²) in [5.41, 5.74) is 1.15. The Morgan fingerprint density at radius 1 is 1.20 bits per heavy atom. The molecule has 1 saturated heterocycles. The molecule has 1 aliphatic heterocycles. The molecule has 0 saturated carbocycles. The van der Waals surface area contributed by atoms with Gasteiger partial charge in [0.05, 0.1) is 24.5 Å². The van der Waals surface area contributed by atoms with Crippen molar-refractivity contribution in [2.24, 2.45) is 5.92 Å². The minimum absolute atomic E-state index is 0.0290. The van der Waals surface area contributed by atoms with Crippen LogP contribution in [-0.4, -0.2) is 52.5 Å². The molecule has 1 heterocycles. The van der Waals surface area contributed by atoms with Gasteiger partial charge in [0.2, 0.25) is 11.8 Å². The lowest BCUT2D eigenvalue weighted by atomic mass is 10.1. The average Bonchev–Trinajstić information content (AvgIpc) is 3.09. The summed E-state index contributed by atoms with van der Waals surface area (Å²) in [4.78, 5) is 26.8. The second kappa shape index (κ2) is 9.17. The highest BCUT2D eigenvalue weighted by Crippen LogP contribution is 2.33. The maximum absolute atomic E-state index is 12.7. The first kappa shape index (κ1) is 21.6. The van der Waals surface area contributed by atoms with Gasteiger partial charge in [0.15, 0.2) is 9.84 Å². The third-order valence-electron chi connectivity index (χ3n) is 4.70. The van der Waals surface area contributed by atoms with E-state index in [4.69, 9.17) is 9.47 Å². The Labute approximate surface area is 175 Å². The van der Waals surface area contributed by atoms with Crippen LogP contribution in [0.4, 0.5) is 11.4 Å². The van der Waals surface area contributed by atoms with Crippen molar-refractivity contribution in [1.82, 2.24) is 0 Å². The summed E-state index contributed by atoms with van der Waals surface area (Å²) in [6.07, 6.45) is 1.25.